The molecule has 1 N–H and O–H groups in total. The molecule has 0 saturated heterocycles. The minimum Gasteiger partial charge on any atom is -0.345 e. The van der Waals surface area contributed by atoms with Crippen molar-refractivity contribution in [1.82, 2.24) is 5.32 Å². The summed E-state index contributed by atoms with van der Waals surface area (Å²) in [6.45, 7) is 1.82. The van der Waals surface area contributed by atoms with Gasteiger partial charge in [-0.05, 0) is 30.7 Å². The van der Waals surface area contributed by atoms with Gasteiger partial charge in [-0.2, -0.15) is 0 Å². The smallest absolute Gasteiger partial charge is 0.252 e. The fraction of sp³-hybridized carbons (Fsp3) is 0.250. The van der Waals surface area contributed by atoms with Gasteiger partial charge in [0.25, 0.3) is 5.91 Å². The maximum absolute atomic E-state index is 12.0. The first-order chi connectivity index (χ1) is 8.37. The van der Waals surface area contributed by atoms with Gasteiger partial charge in [-0.15, -0.1) is 12.6 Å². The van der Waals surface area contributed by atoms with E-state index in [4.69, 9.17) is 0 Å². The van der Waals surface area contributed by atoms with Gasteiger partial charge in [0.1, 0.15) is 0 Å². The molecular weight excluding hydrogens is 270 g/mol. The number of rotatable bonds is 2. The second kappa shape index (κ2) is 4.78. The molecule has 6 heteroatoms. The van der Waals surface area contributed by atoms with Crippen molar-refractivity contribution in [2.45, 2.75) is 17.9 Å². The Balaban J connectivity index is 2.14. The van der Waals surface area contributed by atoms with Crippen molar-refractivity contribution in [3.05, 3.63) is 40.8 Å². The Labute approximate surface area is 111 Å². The van der Waals surface area contributed by atoms with E-state index in [1.165, 1.54) is 6.08 Å². The van der Waals surface area contributed by atoms with Crippen LogP contribution in [0.4, 0.5) is 0 Å². The first kappa shape index (κ1) is 13.2. The predicted octanol–water partition coefficient (Wildman–Crippen LogP) is 1.32. The van der Waals surface area contributed by atoms with Crippen molar-refractivity contribution < 1.29 is 13.2 Å². The highest BCUT2D eigenvalue weighted by Crippen LogP contribution is 2.15. The maximum Gasteiger partial charge on any atom is 0.252 e. The normalized spacial score (nSPS) is 20.9. The Morgan fingerprint density at radius 1 is 1.44 bits per heavy atom. The molecule has 1 amide bonds. The van der Waals surface area contributed by atoms with Crippen molar-refractivity contribution in [2.24, 2.45) is 0 Å². The van der Waals surface area contributed by atoms with E-state index in [0.29, 0.717) is 10.5 Å². The lowest BCUT2D eigenvalue weighted by atomic mass is 10.1. The highest BCUT2D eigenvalue weighted by atomic mass is 32.2. The average Bonchev–Trinajstić information content (AvgIpc) is 2.61. The Bertz CT molecular complexity index is 620. The maximum atomic E-state index is 12.0. The lowest BCUT2D eigenvalue weighted by Crippen LogP contribution is -2.35. The summed E-state index contributed by atoms with van der Waals surface area (Å²) in [5.74, 6) is -0.353. The van der Waals surface area contributed by atoms with Crippen LogP contribution in [-0.4, -0.2) is 26.1 Å². The first-order valence-corrected chi connectivity index (χ1v) is 7.55. The van der Waals surface area contributed by atoms with Gasteiger partial charge in [-0.3, -0.25) is 4.79 Å². The summed E-state index contributed by atoms with van der Waals surface area (Å²) in [4.78, 5) is 12.7. The third kappa shape index (κ3) is 2.94. The molecule has 18 heavy (non-hydrogen) atoms. The number of sulfone groups is 1. The second-order valence-electron chi connectivity index (χ2n) is 4.24. The van der Waals surface area contributed by atoms with Crippen LogP contribution in [0.2, 0.25) is 0 Å². The topological polar surface area (TPSA) is 63.2 Å². The molecule has 0 bridgehead atoms. The molecular formula is C12H13NO3S2. The lowest BCUT2D eigenvalue weighted by Gasteiger charge is -2.12. The van der Waals surface area contributed by atoms with E-state index in [2.05, 4.69) is 17.9 Å². The molecule has 4 nitrogen and oxygen atoms in total. The third-order valence-electron chi connectivity index (χ3n) is 2.71. The number of amides is 1. The molecule has 0 radical (unpaired) electrons. The molecule has 1 aromatic carbocycles. The minimum atomic E-state index is -3.15. The zero-order valence-electron chi connectivity index (χ0n) is 9.75. The molecule has 1 aliphatic heterocycles. The molecule has 0 aliphatic carbocycles. The van der Waals surface area contributed by atoms with Crippen LogP contribution in [0.15, 0.2) is 34.6 Å². The number of hydrogen-bond donors (Lipinski definition) is 2. The van der Waals surface area contributed by atoms with Crippen LogP contribution >= 0.6 is 12.6 Å². The molecule has 1 heterocycles. The number of hydrogen-bond acceptors (Lipinski definition) is 4. The summed E-state index contributed by atoms with van der Waals surface area (Å²) in [6, 6.07) is 4.82. The second-order valence-corrected chi connectivity index (χ2v) is 6.68. The molecule has 0 fully saturated rings. The Morgan fingerprint density at radius 2 is 2.17 bits per heavy atom. The van der Waals surface area contributed by atoms with E-state index in [-0.39, 0.29) is 11.7 Å². The zero-order valence-corrected chi connectivity index (χ0v) is 11.5. The van der Waals surface area contributed by atoms with Crippen molar-refractivity contribution in [2.75, 3.05) is 5.75 Å². The SMILES string of the molecule is Cc1ccc(S)cc1C(=O)NC1C=CS(=O)(=O)C1. The largest absolute Gasteiger partial charge is 0.345 e. The number of nitrogens with one attached hydrogen (secondary N) is 1. The van der Waals surface area contributed by atoms with Crippen molar-refractivity contribution >= 4 is 28.4 Å². The molecule has 1 atom stereocenters. The van der Waals surface area contributed by atoms with Crippen LogP contribution in [-0.2, 0) is 9.84 Å². The fourth-order valence-corrected chi connectivity index (χ4v) is 3.21. The van der Waals surface area contributed by atoms with Gasteiger partial charge in [-0.25, -0.2) is 8.42 Å². The lowest BCUT2D eigenvalue weighted by molar-refractivity contribution is 0.0947. The number of aryl methyl sites for hydroxylation is 1. The van der Waals surface area contributed by atoms with E-state index >= 15 is 0 Å². The molecule has 96 valence electrons. The van der Waals surface area contributed by atoms with Crippen LogP contribution < -0.4 is 5.32 Å². The van der Waals surface area contributed by atoms with Gasteiger partial charge in [0.15, 0.2) is 9.84 Å². The van der Waals surface area contributed by atoms with Crippen molar-refractivity contribution in [1.29, 1.82) is 0 Å². The van der Waals surface area contributed by atoms with Crippen LogP contribution in [0.3, 0.4) is 0 Å². The number of carbonyl (C=O) groups excluding carboxylic acids is 1. The molecule has 2 rings (SSSR count). The molecule has 0 spiro atoms. The Hall–Kier alpha value is -1.27. The van der Waals surface area contributed by atoms with E-state index in [1.54, 1.807) is 18.2 Å². The van der Waals surface area contributed by atoms with E-state index in [1.807, 2.05) is 6.92 Å². The van der Waals surface area contributed by atoms with Crippen molar-refractivity contribution in [3.8, 4) is 0 Å². The summed E-state index contributed by atoms with van der Waals surface area (Å²) >= 11 is 4.18. The Kier molecular flexibility index (Phi) is 3.49. The summed E-state index contributed by atoms with van der Waals surface area (Å²) < 4.78 is 22.5. The molecule has 0 saturated carbocycles. The van der Waals surface area contributed by atoms with Crippen LogP contribution in [0.25, 0.3) is 0 Å². The summed E-state index contributed by atoms with van der Waals surface area (Å²) in [5.41, 5.74) is 1.34. The van der Waals surface area contributed by atoms with E-state index in [9.17, 15) is 13.2 Å². The van der Waals surface area contributed by atoms with Crippen molar-refractivity contribution in [3.63, 3.8) is 0 Å². The van der Waals surface area contributed by atoms with Gasteiger partial charge in [0, 0.05) is 15.9 Å². The molecule has 1 aromatic rings. The minimum absolute atomic E-state index is 0.0711. The first-order valence-electron chi connectivity index (χ1n) is 5.39. The van der Waals surface area contributed by atoms with Crippen LogP contribution in [0, 0.1) is 6.92 Å². The number of benzene rings is 1. The predicted molar refractivity (Wildman–Crippen MR) is 72.6 cm³/mol. The van der Waals surface area contributed by atoms with E-state index < -0.39 is 15.9 Å². The summed E-state index contributed by atoms with van der Waals surface area (Å²) in [6.07, 6.45) is 1.49. The Morgan fingerprint density at radius 3 is 2.78 bits per heavy atom. The zero-order chi connectivity index (χ0) is 13.3. The van der Waals surface area contributed by atoms with Gasteiger partial charge in [0.05, 0.1) is 11.8 Å². The summed E-state index contributed by atoms with van der Waals surface area (Å²) in [5, 5.41) is 3.82. The highest BCUT2D eigenvalue weighted by molar-refractivity contribution is 7.94. The van der Waals surface area contributed by atoms with Gasteiger partial charge >= 0.3 is 0 Å². The van der Waals surface area contributed by atoms with Gasteiger partial charge in [0.2, 0.25) is 0 Å². The van der Waals surface area contributed by atoms with Gasteiger partial charge in [-0.1, -0.05) is 6.07 Å². The quantitative estimate of drug-likeness (QED) is 0.805. The fourth-order valence-electron chi connectivity index (χ4n) is 1.77. The van der Waals surface area contributed by atoms with E-state index in [0.717, 1.165) is 11.0 Å². The number of thiol groups is 1. The molecule has 1 unspecified atom stereocenters. The molecule has 0 aromatic heterocycles. The average molecular weight is 283 g/mol. The van der Waals surface area contributed by atoms with Gasteiger partial charge < -0.3 is 5.32 Å². The number of carbonyl (C=O) groups is 1. The van der Waals surface area contributed by atoms with Crippen LogP contribution in [0.1, 0.15) is 15.9 Å². The summed E-state index contributed by atoms with van der Waals surface area (Å²) in [7, 11) is -3.15. The standard InChI is InChI=1S/C12H13NO3S2/c1-8-2-3-10(17)6-11(8)12(14)13-9-4-5-18(15,16)7-9/h2-6,9,17H,7H2,1H3,(H,13,14). The highest BCUT2D eigenvalue weighted by Gasteiger charge is 2.23. The molecule has 1 aliphatic rings. The van der Waals surface area contributed by atoms with Crippen LogP contribution in [0.5, 0.6) is 0 Å². The monoisotopic (exact) mass is 283 g/mol. The third-order valence-corrected chi connectivity index (χ3v) is 4.39.